The first kappa shape index (κ1) is 12.6. The number of rotatable bonds is 5. The van der Waals surface area contributed by atoms with Gasteiger partial charge in [-0.05, 0) is 24.7 Å². The van der Waals surface area contributed by atoms with Crippen molar-refractivity contribution >= 4 is 5.78 Å². The Morgan fingerprint density at radius 1 is 1.47 bits per heavy atom. The number of methoxy groups -OCH3 is 1. The van der Waals surface area contributed by atoms with Crippen LogP contribution in [0.4, 0.5) is 0 Å². The third-order valence-corrected chi connectivity index (χ3v) is 3.63. The van der Waals surface area contributed by atoms with Crippen molar-refractivity contribution in [1.29, 1.82) is 0 Å². The van der Waals surface area contributed by atoms with Crippen LogP contribution in [0.2, 0.25) is 0 Å². The molecule has 4 heteroatoms. The van der Waals surface area contributed by atoms with E-state index in [2.05, 4.69) is 0 Å². The van der Waals surface area contributed by atoms with Crippen LogP contribution in [0.1, 0.15) is 27.2 Å². The van der Waals surface area contributed by atoms with Crippen LogP contribution in [-0.4, -0.2) is 35.5 Å². The SMILES string of the molecule is COC(O)[C@H]1[C@@H](CC(O)C(C)=O)C1(C)C. The average Bonchev–Trinajstić information content (AvgIpc) is 2.67. The summed E-state index contributed by atoms with van der Waals surface area (Å²) in [5.74, 6) is -0.0637. The van der Waals surface area contributed by atoms with E-state index in [1.54, 1.807) is 0 Å². The molecule has 0 aliphatic heterocycles. The molecular formula is C11H20O4. The predicted molar refractivity (Wildman–Crippen MR) is 55.1 cm³/mol. The second kappa shape index (κ2) is 4.20. The Morgan fingerprint density at radius 3 is 2.40 bits per heavy atom. The summed E-state index contributed by atoms with van der Waals surface area (Å²) >= 11 is 0. The number of ether oxygens (including phenoxy) is 1. The Bertz CT molecular complexity index is 249. The number of ketones is 1. The molecule has 1 aliphatic carbocycles. The number of carbonyl (C=O) groups is 1. The van der Waals surface area contributed by atoms with Gasteiger partial charge in [-0.25, -0.2) is 0 Å². The second-order valence-electron chi connectivity index (χ2n) is 4.94. The molecule has 0 saturated heterocycles. The van der Waals surface area contributed by atoms with E-state index in [-0.39, 0.29) is 23.0 Å². The Balaban J connectivity index is 2.55. The van der Waals surface area contributed by atoms with Crippen LogP contribution >= 0.6 is 0 Å². The van der Waals surface area contributed by atoms with Gasteiger partial charge in [0.25, 0.3) is 0 Å². The number of hydrogen-bond acceptors (Lipinski definition) is 4. The quantitative estimate of drug-likeness (QED) is 0.659. The molecule has 4 atom stereocenters. The molecule has 0 aromatic rings. The van der Waals surface area contributed by atoms with Crippen molar-refractivity contribution in [2.24, 2.45) is 17.3 Å². The van der Waals surface area contributed by atoms with Gasteiger partial charge in [-0.2, -0.15) is 0 Å². The summed E-state index contributed by atoms with van der Waals surface area (Å²) < 4.78 is 4.87. The van der Waals surface area contributed by atoms with Gasteiger partial charge in [0.05, 0.1) is 0 Å². The first-order valence-electron chi connectivity index (χ1n) is 5.21. The topological polar surface area (TPSA) is 66.8 Å². The molecular weight excluding hydrogens is 196 g/mol. The van der Waals surface area contributed by atoms with Crippen molar-refractivity contribution < 1.29 is 19.7 Å². The maximum atomic E-state index is 10.9. The molecule has 1 aliphatic rings. The highest BCUT2D eigenvalue weighted by Crippen LogP contribution is 2.61. The summed E-state index contributed by atoms with van der Waals surface area (Å²) in [6.45, 7) is 5.40. The highest BCUT2D eigenvalue weighted by Gasteiger charge is 2.61. The monoisotopic (exact) mass is 216 g/mol. The van der Waals surface area contributed by atoms with Crippen LogP contribution in [0, 0.1) is 17.3 Å². The number of hydrogen-bond donors (Lipinski definition) is 2. The standard InChI is InChI=1S/C11H20O4/c1-6(12)8(13)5-7-9(10(14)15-4)11(7,2)3/h7-10,13-14H,5H2,1-4H3/t7-,8?,9-,10?/m1/s1. The van der Waals surface area contributed by atoms with Gasteiger partial charge in [-0.3, -0.25) is 4.79 Å². The van der Waals surface area contributed by atoms with Gasteiger partial charge < -0.3 is 14.9 Å². The molecule has 0 spiro atoms. The second-order valence-corrected chi connectivity index (χ2v) is 4.94. The van der Waals surface area contributed by atoms with Crippen LogP contribution in [0.25, 0.3) is 0 Å². The number of carbonyl (C=O) groups excluding carboxylic acids is 1. The van der Waals surface area contributed by atoms with Gasteiger partial charge in [0.2, 0.25) is 0 Å². The lowest BCUT2D eigenvalue weighted by molar-refractivity contribution is -0.126. The van der Waals surface area contributed by atoms with E-state index < -0.39 is 12.4 Å². The van der Waals surface area contributed by atoms with Gasteiger partial charge in [0.1, 0.15) is 6.10 Å². The third kappa shape index (κ3) is 2.38. The largest absolute Gasteiger partial charge is 0.385 e. The van der Waals surface area contributed by atoms with E-state index in [1.807, 2.05) is 13.8 Å². The third-order valence-electron chi connectivity index (χ3n) is 3.63. The molecule has 0 amide bonds. The smallest absolute Gasteiger partial charge is 0.158 e. The van der Waals surface area contributed by atoms with Crippen molar-refractivity contribution in [2.75, 3.05) is 7.11 Å². The highest BCUT2D eigenvalue weighted by atomic mass is 16.6. The van der Waals surface area contributed by atoms with Gasteiger partial charge >= 0.3 is 0 Å². The van der Waals surface area contributed by atoms with Crippen LogP contribution in [0.15, 0.2) is 0 Å². The fourth-order valence-electron chi connectivity index (χ4n) is 2.36. The highest BCUT2D eigenvalue weighted by molar-refractivity contribution is 5.80. The average molecular weight is 216 g/mol. The lowest BCUT2D eigenvalue weighted by Crippen LogP contribution is -2.19. The van der Waals surface area contributed by atoms with Crippen molar-refractivity contribution in [2.45, 2.75) is 39.6 Å². The minimum atomic E-state index is -0.914. The molecule has 4 nitrogen and oxygen atoms in total. The zero-order chi connectivity index (χ0) is 11.8. The molecule has 15 heavy (non-hydrogen) atoms. The lowest BCUT2D eigenvalue weighted by atomic mass is 10.0. The predicted octanol–water partition coefficient (Wildman–Crippen LogP) is 0.563. The molecule has 0 heterocycles. The van der Waals surface area contributed by atoms with Gasteiger partial charge in [-0.1, -0.05) is 13.8 Å². The van der Waals surface area contributed by atoms with Crippen molar-refractivity contribution in [3.63, 3.8) is 0 Å². The first-order valence-corrected chi connectivity index (χ1v) is 5.21. The summed E-state index contributed by atoms with van der Waals surface area (Å²) in [4.78, 5) is 10.9. The van der Waals surface area contributed by atoms with E-state index in [0.717, 1.165) is 0 Å². The van der Waals surface area contributed by atoms with Crippen LogP contribution < -0.4 is 0 Å². The van der Waals surface area contributed by atoms with E-state index in [1.165, 1.54) is 14.0 Å². The summed E-state index contributed by atoms with van der Waals surface area (Å²) in [5.41, 5.74) is -0.0636. The summed E-state index contributed by atoms with van der Waals surface area (Å²) in [5, 5.41) is 19.0. The van der Waals surface area contributed by atoms with Crippen LogP contribution in [0.3, 0.4) is 0 Å². The molecule has 2 unspecified atom stereocenters. The van der Waals surface area contributed by atoms with Gasteiger partial charge in [0.15, 0.2) is 12.1 Å². The molecule has 2 N–H and O–H groups in total. The molecule has 1 saturated carbocycles. The number of Topliss-reactive ketones (excluding diaryl/α,β-unsaturated/α-hetero) is 1. The maximum Gasteiger partial charge on any atom is 0.158 e. The zero-order valence-corrected chi connectivity index (χ0v) is 9.73. The van der Waals surface area contributed by atoms with E-state index in [0.29, 0.717) is 6.42 Å². The fraction of sp³-hybridized carbons (Fsp3) is 0.909. The lowest BCUT2D eigenvalue weighted by Gasteiger charge is -2.09. The first-order chi connectivity index (χ1) is 6.82. The molecule has 88 valence electrons. The Labute approximate surface area is 90.2 Å². The summed E-state index contributed by atoms with van der Waals surface area (Å²) in [6.07, 6.45) is -1.31. The minimum absolute atomic E-state index is 0.0106. The van der Waals surface area contributed by atoms with Crippen molar-refractivity contribution in [3.05, 3.63) is 0 Å². The van der Waals surface area contributed by atoms with Crippen molar-refractivity contribution in [1.82, 2.24) is 0 Å². The normalized spacial score (nSPS) is 32.1. The summed E-state index contributed by atoms with van der Waals surface area (Å²) in [7, 11) is 1.46. The Hall–Kier alpha value is -0.450. The molecule has 0 radical (unpaired) electrons. The van der Waals surface area contributed by atoms with Crippen LogP contribution in [-0.2, 0) is 9.53 Å². The molecule has 0 bridgehead atoms. The Morgan fingerprint density at radius 2 is 2.00 bits per heavy atom. The van der Waals surface area contributed by atoms with Crippen LogP contribution in [0.5, 0.6) is 0 Å². The summed E-state index contributed by atoms with van der Waals surface area (Å²) in [6, 6.07) is 0. The molecule has 1 rings (SSSR count). The fourth-order valence-corrected chi connectivity index (χ4v) is 2.36. The zero-order valence-electron chi connectivity index (χ0n) is 9.73. The Kier molecular flexibility index (Phi) is 3.53. The number of aliphatic hydroxyl groups excluding tert-OH is 2. The van der Waals surface area contributed by atoms with Gasteiger partial charge in [-0.15, -0.1) is 0 Å². The number of aliphatic hydroxyl groups is 2. The van der Waals surface area contributed by atoms with E-state index in [4.69, 9.17) is 4.74 Å². The van der Waals surface area contributed by atoms with E-state index in [9.17, 15) is 15.0 Å². The van der Waals surface area contributed by atoms with E-state index >= 15 is 0 Å². The molecule has 1 fully saturated rings. The minimum Gasteiger partial charge on any atom is -0.385 e. The molecule has 0 aromatic heterocycles. The molecule has 0 aromatic carbocycles. The van der Waals surface area contributed by atoms with Crippen molar-refractivity contribution in [3.8, 4) is 0 Å². The maximum absolute atomic E-state index is 10.9. The van der Waals surface area contributed by atoms with Gasteiger partial charge in [0, 0.05) is 13.0 Å².